The minimum Gasteiger partial charge on any atom is -0.389 e. The highest BCUT2D eigenvalue weighted by Crippen LogP contribution is 2.29. The second kappa shape index (κ2) is 9.66. The maximum Gasteiger partial charge on any atom is 0.0900 e. The van der Waals surface area contributed by atoms with Crippen molar-refractivity contribution < 1.29 is 9.84 Å². The number of aliphatic hydroxyl groups is 1. The second-order valence-corrected chi connectivity index (χ2v) is 8.64. The molecule has 1 fully saturated rings. The lowest BCUT2D eigenvalue weighted by molar-refractivity contribution is -0.0590. The first kappa shape index (κ1) is 21.0. The lowest BCUT2D eigenvalue weighted by Crippen LogP contribution is -2.50. The van der Waals surface area contributed by atoms with Gasteiger partial charge < -0.3 is 9.84 Å². The Balaban J connectivity index is 1.60. The van der Waals surface area contributed by atoms with Crippen LogP contribution in [-0.4, -0.2) is 65.9 Å². The van der Waals surface area contributed by atoms with Crippen LogP contribution in [0.3, 0.4) is 0 Å². The molecular formula is C24H34N2O2. The molecule has 1 saturated heterocycles. The SMILES string of the molecule is CC(C)(C)OC[C@@H](O)CN1CCN(C(c2ccccc2)c2ccccc2)CC1. The molecule has 1 atom stereocenters. The zero-order chi connectivity index (χ0) is 20.0. The van der Waals surface area contributed by atoms with Crippen LogP contribution in [0.1, 0.15) is 37.9 Å². The monoisotopic (exact) mass is 382 g/mol. The van der Waals surface area contributed by atoms with Crippen molar-refractivity contribution in [1.82, 2.24) is 9.80 Å². The van der Waals surface area contributed by atoms with E-state index in [1.165, 1.54) is 11.1 Å². The summed E-state index contributed by atoms with van der Waals surface area (Å²) in [6, 6.07) is 21.8. The fourth-order valence-electron chi connectivity index (χ4n) is 3.79. The van der Waals surface area contributed by atoms with Gasteiger partial charge in [-0.25, -0.2) is 0 Å². The average Bonchev–Trinajstić information content (AvgIpc) is 2.69. The van der Waals surface area contributed by atoms with Crippen LogP contribution >= 0.6 is 0 Å². The van der Waals surface area contributed by atoms with Crippen LogP contribution in [0.25, 0.3) is 0 Å². The van der Waals surface area contributed by atoms with Gasteiger partial charge >= 0.3 is 0 Å². The zero-order valence-corrected chi connectivity index (χ0v) is 17.4. The molecule has 0 unspecified atom stereocenters. The molecule has 28 heavy (non-hydrogen) atoms. The van der Waals surface area contributed by atoms with Gasteiger partial charge in [0.25, 0.3) is 0 Å². The predicted molar refractivity (Wildman–Crippen MR) is 114 cm³/mol. The Morgan fingerprint density at radius 2 is 1.36 bits per heavy atom. The molecule has 4 nitrogen and oxygen atoms in total. The minimum atomic E-state index is -0.440. The first-order valence-electron chi connectivity index (χ1n) is 10.3. The number of β-amino-alcohol motifs (C(OH)–C–C–N with tert-alkyl or cyclic N) is 1. The topological polar surface area (TPSA) is 35.9 Å². The zero-order valence-electron chi connectivity index (χ0n) is 17.4. The van der Waals surface area contributed by atoms with Crippen molar-refractivity contribution >= 4 is 0 Å². The Bertz CT molecular complexity index is 652. The van der Waals surface area contributed by atoms with Crippen LogP contribution in [0.15, 0.2) is 60.7 Å². The van der Waals surface area contributed by atoms with Gasteiger partial charge in [-0.05, 0) is 31.9 Å². The summed E-state index contributed by atoms with van der Waals surface area (Å²) in [7, 11) is 0. The summed E-state index contributed by atoms with van der Waals surface area (Å²) in [5, 5.41) is 10.3. The third kappa shape index (κ3) is 6.14. The highest BCUT2D eigenvalue weighted by Gasteiger charge is 2.27. The molecule has 1 aliphatic heterocycles. The molecule has 0 saturated carbocycles. The summed E-state index contributed by atoms with van der Waals surface area (Å²) >= 11 is 0. The van der Waals surface area contributed by atoms with Gasteiger partial charge in [0.2, 0.25) is 0 Å². The van der Waals surface area contributed by atoms with Crippen LogP contribution in [0, 0.1) is 0 Å². The van der Waals surface area contributed by atoms with Gasteiger partial charge in [0.05, 0.1) is 24.4 Å². The maximum atomic E-state index is 10.3. The average molecular weight is 383 g/mol. The van der Waals surface area contributed by atoms with Crippen molar-refractivity contribution in [2.24, 2.45) is 0 Å². The van der Waals surface area contributed by atoms with E-state index in [-0.39, 0.29) is 11.6 Å². The fraction of sp³-hybridized carbons (Fsp3) is 0.500. The molecule has 2 aromatic rings. The summed E-state index contributed by atoms with van der Waals surface area (Å²) in [4.78, 5) is 4.90. The lowest BCUT2D eigenvalue weighted by Gasteiger charge is -2.40. The Kier molecular flexibility index (Phi) is 7.24. The molecule has 0 bridgehead atoms. The number of ether oxygens (including phenoxy) is 1. The third-order valence-corrected chi connectivity index (χ3v) is 5.18. The first-order chi connectivity index (χ1) is 13.4. The smallest absolute Gasteiger partial charge is 0.0900 e. The summed E-state index contributed by atoms with van der Waals surface area (Å²) in [5.41, 5.74) is 2.46. The molecule has 1 N–H and O–H groups in total. The summed E-state index contributed by atoms with van der Waals surface area (Å²) in [6.07, 6.45) is -0.440. The van der Waals surface area contributed by atoms with Gasteiger partial charge in [-0.2, -0.15) is 0 Å². The van der Waals surface area contributed by atoms with Crippen molar-refractivity contribution in [3.05, 3.63) is 71.8 Å². The molecule has 3 rings (SSSR count). The van der Waals surface area contributed by atoms with E-state index in [1.54, 1.807) is 0 Å². The van der Waals surface area contributed by atoms with E-state index in [0.717, 1.165) is 26.2 Å². The van der Waals surface area contributed by atoms with Crippen molar-refractivity contribution in [1.29, 1.82) is 0 Å². The minimum absolute atomic E-state index is 0.210. The van der Waals surface area contributed by atoms with E-state index in [4.69, 9.17) is 4.74 Å². The number of hydrogen-bond donors (Lipinski definition) is 1. The maximum absolute atomic E-state index is 10.3. The second-order valence-electron chi connectivity index (χ2n) is 8.64. The Hall–Kier alpha value is -1.72. The first-order valence-corrected chi connectivity index (χ1v) is 10.3. The molecule has 1 heterocycles. The van der Waals surface area contributed by atoms with E-state index in [1.807, 2.05) is 20.8 Å². The van der Waals surface area contributed by atoms with E-state index in [2.05, 4.69) is 70.5 Å². The number of nitrogens with zero attached hydrogens (tertiary/aromatic N) is 2. The summed E-state index contributed by atoms with van der Waals surface area (Å²) in [6.45, 7) is 11.0. The number of rotatable bonds is 7. The molecule has 1 aliphatic rings. The van der Waals surface area contributed by atoms with Crippen molar-refractivity contribution in [2.75, 3.05) is 39.3 Å². The standard InChI is InChI=1S/C24H34N2O2/c1-24(2,3)28-19-22(27)18-25-14-16-26(17-15-25)23(20-10-6-4-7-11-20)21-12-8-5-9-13-21/h4-13,22-23,27H,14-19H2,1-3H3/t22-/m0/s1. The van der Waals surface area contributed by atoms with Gasteiger partial charge in [-0.1, -0.05) is 60.7 Å². The van der Waals surface area contributed by atoms with Crippen molar-refractivity contribution in [2.45, 2.75) is 38.5 Å². The van der Waals surface area contributed by atoms with E-state index >= 15 is 0 Å². The number of piperazine rings is 1. The number of aliphatic hydroxyl groups excluding tert-OH is 1. The lowest BCUT2D eigenvalue weighted by atomic mass is 9.96. The van der Waals surface area contributed by atoms with E-state index < -0.39 is 6.10 Å². The normalized spacial score (nSPS) is 17.8. The Morgan fingerprint density at radius 3 is 1.82 bits per heavy atom. The summed E-state index contributed by atoms with van der Waals surface area (Å²) < 4.78 is 5.72. The van der Waals surface area contributed by atoms with E-state index in [9.17, 15) is 5.11 Å². The van der Waals surface area contributed by atoms with Crippen LogP contribution in [0.5, 0.6) is 0 Å². The molecule has 152 valence electrons. The Labute approximate surface area is 169 Å². The highest BCUT2D eigenvalue weighted by atomic mass is 16.5. The molecule has 2 aromatic carbocycles. The molecule has 0 aliphatic carbocycles. The molecule has 0 spiro atoms. The predicted octanol–water partition coefficient (Wildman–Crippen LogP) is 3.57. The van der Waals surface area contributed by atoms with Crippen LogP contribution in [0.2, 0.25) is 0 Å². The van der Waals surface area contributed by atoms with Gasteiger partial charge in [0.1, 0.15) is 0 Å². The molecule has 0 amide bonds. The third-order valence-electron chi connectivity index (χ3n) is 5.18. The fourth-order valence-corrected chi connectivity index (χ4v) is 3.79. The number of hydrogen-bond acceptors (Lipinski definition) is 4. The van der Waals surface area contributed by atoms with Crippen molar-refractivity contribution in [3.63, 3.8) is 0 Å². The van der Waals surface area contributed by atoms with Gasteiger partial charge in [0, 0.05) is 32.7 Å². The quantitative estimate of drug-likeness (QED) is 0.794. The van der Waals surface area contributed by atoms with Crippen LogP contribution < -0.4 is 0 Å². The van der Waals surface area contributed by atoms with Crippen LogP contribution in [0.4, 0.5) is 0 Å². The Morgan fingerprint density at radius 1 is 0.857 bits per heavy atom. The molecule has 0 radical (unpaired) electrons. The molecule has 4 heteroatoms. The van der Waals surface area contributed by atoms with Gasteiger partial charge in [-0.3, -0.25) is 9.80 Å². The number of benzene rings is 2. The van der Waals surface area contributed by atoms with Crippen LogP contribution in [-0.2, 0) is 4.74 Å². The van der Waals surface area contributed by atoms with Crippen molar-refractivity contribution in [3.8, 4) is 0 Å². The van der Waals surface area contributed by atoms with E-state index in [0.29, 0.717) is 13.2 Å². The molecular weight excluding hydrogens is 348 g/mol. The highest BCUT2D eigenvalue weighted by molar-refractivity contribution is 5.31. The molecule has 0 aromatic heterocycles. The summed E-state index contributed by atoms with van der Waals surface area (Å²) in [5.74, 6) is 0. The largest absolute Gasteiger partial charge is 0.389 e. The van der Waals surface area contributed by atoms with Gasteiger partial charge in [0.15, 0.2) is 0 Å². The van der Waals surface area contributed by atoms with Gasteiger partial charge in [-0.15, -0.1) is 0 Å².